The number of aliphatic hydroxyl groups is 1. The molecule has 196 valence electrons. The summed E-state index contributed by atoms with van der Waals surface area (Å²) < 4.78 is 42.5. The first-order valence-corrected chi connectivity index (χ1v) is 11.4. The van der Waals surface area contributed by atoms with E-state index in [-0.39, 0.29) is 18.2 Å². The van der Waals surface area contributed by atoms with E-state index in [1.165, 1.54) is 28.9 Å². The van der Waals surface area contributed by atoms with Crippen LogP contribution in [-0.2, 0) is 13.1 Å². The molecule has 2 atom stereocenters. The lowest BCUT2D eigenvalue weighted by molar-refractivity contribution is -0.207. The molecule has 3 aromatic heterocycles. The summed E-state index contributed by atoms with van der Waals surface area (Å²) in [5, 5.41) is 21.8. The molecule has 0 aliphatic carbocycles. The van der Waals surface area contributed by atoms with Crippen LogP contribution in [0.1, 0.15) is 24.6 Å². The summed E-state index contributed by atoms with van der Waals surface area (Å²) in [7, 11) is 1.72. The van der Waals surface area contributed by atoms with E-state index in [0.717, 1.165) is 9.25 Å². The minimum absolute atomic E-state index is 0.0819. The van der Waals surface area contributed by atoms with Crippen molar-refractivity contribution >= 4 is 17.3 Å². The molecule has 0 aliphatic heterocycles. The van der Waals surface area contributed by atoms with Crippen molar-refractivity contribution in [2.24, 2.45) is 5.73 Å². The van der Waals surface area contributed by atoms with Crippen molar-refractivity contribution in [2.45, 2.75) is 38.3 Å². The van der Waals surface area contributed by atoms with Crippen molar-refractivity contribution in [3.05, 3.63) is 69.9 Å². The van der Waals surface area contributed by atoms with Crippen LogP contribution in [-0.4, -0.2) is 58.5 Å². The van der Waals surface area contributed by atoms with Crippen LogP contribution in [0, 0.1) is 0 Å². The largest absolute Gasteiger partial charge is 0.416 e. The Bertz CT molecular complexity index is 1450. The quantitative estimate of drug-likeness (QED) is 0.311. The van der Waals surface area contributed by atoms with Crippen LogP contribution in [0.4, 0.5) is 18.9 Å². The lowest BCUT2D eigenvalue weighted by Crippen LogP contribution is -2.37. The summed E-state index contributed by atoms with van der Waals surface area (Å²) in [6, 6.07) is 7.22. The molecule has 0 radical (unpaired) electrons. The number of nitrogens with zero attached hydrogens (tertiary/aromatic N) is 7. The predicted molar refractivity (Wildman–Crippen MR) is 129 cm³/mol. The van der Waals surface area contributed by atoms with Crippen LogP contribution in [0.15, 0.2) is 47.5 Å². The molecular formula is C22H23ClF3N9O2. The van der Waals surface area contributed by atoms with E-state index in [9.17, 15) is 23.1 Å². The summed E-state index contributed by atoms with van der Waals surface area (Å²) in [5.74, 6) is 0.433. The lowest BCUT2D eigenvalue weighted by atomic mass is 10.2. The first kappa shape index (κ1) is 26.3. The summed E-state index contributed by atoms with van der Waals surface area (Å²) >= 11 is 5.92. The third-order valence-electron chi connectivity index (χ3n) is 5.43. The summed E-state index contributed by atoms with van der Waals surface area (Å²) in [6.07, 6.45) is -4.55. The smallest absolute Gasteiger partial charge is 0.386 e. The Kier molecular flexibility index (Phi) is 7.34. The predicted octanol–water partition coefficient (Wildman–Crippen LogP) is 2.37. The number of nitrogens with two attached hydrogens (primary N) is 1. The number of nitrogens with one attached hydrogen (secondary N) is 1. The first-order valence-electron chi connectivity index (χ1n) is 11.0. The first-order chi connectivity index (χ1) is 17.5. The fraction of sp³-hybridized carbons (Fsp3) is 0.318. The highest BCUT2D eigenvalue weighted by molar-refractivity contribution is 6.30. The number of anilines is 1. The SMILES string of the molecule is CNc1ccncc1-n1nc(Cn2nc(-c3ccc(Cl)cc3)n(C[C@H](O)C(F)(F)F)c2=O)nc1C(C)N. The van der Waals surface area contributed by atoms with Crippen LogP contribution in [0.3, 0.4) is 0 Å². The normalized spacial score (nSPS) is 13.5. The van der Waals surface area contributed by atoms with Crippen molar-refractivity contribution in [3.63, 3.8) is 0 Å². The molecule has 0 bridgehead atoms. The van der Waals surface area contributed by atoms with E-state index in [4.69, 9.17) is 17.3 Å². The van der Waals surface area contributed by atoms with Crippen LogP contribution >= 0.6 is 11.6 Å². The monoisotopic (exact) mass is 537 g/mol. The average Bonchev–Trinajstić information content (AvgIpc) is 3.41. The van der Waals surface area contributed by atoms with Gasteiger partial charge in [-0.1, -0.05) is 11.6 Å². The highest BCUT2D eigenvalue weighted by Crippen LogP contribution is 2.25. The van der Waals surface area contributed by atoms with Crippen molar-refractivity contribution in [3.8, 4) is 17.1 Å². The fourth-order valence-corrected chi connectivity index (χ4v) is 3.73. The van der Waals surface area contributed by atoms with E-state index in [1.807, 2.05) is 0 Å². The van der Waals surface area contributed by atoms with E-state index in [0.29, 0.717) is 27.8 Å². The molecule has 4 aromatic rings. The van der Waals surface area contributed by atoms with Crippen LogP contribution in [0.2, 0.25) is 5.02 Å². The third-order valence-corrected chi connectivity index (χ3v) is 5.68. The van der Waals surface area contributed by atoms with E-state index in [2.05, 4.69) is 25.5 Å². The second kappa shape index (κ2) is 10.3. The van der Waals surface area contributed by atoms with Gasteiger partial charge in [0.05, 0.1) is 24.5 Å². The Balaban J connectivity index is 1.78. The third kappa shape index (κ3) is 5.50. The van der Waals surface area contributed by atoms with Crippen LogP contribution in [0.5, 0.6) is 0 Å². The zero-order valence-electron chi connectivity index (χ0n) is 19.7. The standard InChI is InChI=1S/C22H23ClF3N9O2/c1-12(27)19-30-18(31-35(19)16-9-29-8-7-15(16)28-2)11-34-21(37)33(10-17(36)22(24,25)26)20(32-34)13-3-5-14(23)6-4-13/h3-9,12,17,36H,10-11,27H2,1-2H3,(H,28,29)/t12?,17-/m0/s1. The van der Waals surface area contributed by atoms with Crippen LogP contribution in [0.25, 0.3) is 17.1 Å². The number of hydrogen-bond donors (Lipinski definition) is 3. The van der Waals surface area contributed by atoms with Gasteiger partial charge in [0.2, 0.25) is 0 Å². The Morgan fingerprint density at radius 1 is 1.19 bits per heavy atom. The van der Waals surface area contributed by atoms with Crippen molar-refractivity contribution in [2.75, 3.05) is 12.4 Å². The van der Waals surface area contributed by atoms with Crippen molar-refractivity contribution in [1.29, 1.82) is 0 Å². The number of halogens is 4. The molecule has 0 aliphatic rings. The summed E-state index contributed by atoms with van der Waals surface area (Å²) in [5.41, 5.74) is 6.80. The lowest BCUT2D eigenvalue weighted by Gasteiger charge is -2.15. The maximum Gasteiger partial charge on any atom is 0.416 e. The maximum absolute atomic E-state index is 13.1. The molecule has 0 fully saturated rings. The van der Waals surface area contributed by atoms with E-state index in [1.54, 1.807) is 32.4 Å². The summed E-state index contributed by atoms with van der Waals surface area (Å²) in [4.78, 5) is 21.7. The van der Waals surface area contributed by atoms with Crippen LogP contribution < -0.4 is 16.7 Å². The number of aliphatic hydroxyl groups excluding tert-OH is 1. The number of pyridine rings is 1. The molecule has 15 heteroatoms. The van der Waals surface area contributed by atoms with E-state index >= 15 is 0 Å². The number of rotatable bonds is 8. The Labute approximate surface area is 213 Å². The molecular weight excluding hydrogens is 515 g/mol. The topological polar surface area (TPSA) is 142 Å². The molecule has 11 nitrogen and oxygen atoms in total. The zero-order chi connectivity index (χ0) is 26.9. The number of hydrogen-bond acceptors (Lipinski definition) is 8. The molecule has 0 spiro atoms. The number of benzene rings is 1. The molecule has 0 saturated heterocycles. The minimum atomic E-state index is -4.93. The maximum atomic E-state index is 13.1. The molecule has 37 heavy (non-hydrogen) atoms. The van der Waals surface area contributed by atoms with Gasteiger partial charge in [0, 0.05) is 23.8 Å². The highest BCUT2D eigenvalue weighted by Gasteiger charge is 2.39. The van der Waals surface area contributed by atoms with Gasteiger partial charge in [-0.05, 0) is 37.3 Å². The van der Waals surface area contributed by atoms with Crippen molar-refractivity contribution < 1.29 is 18.3 Å². The van der Waals surface area contributed by atoms with Gasteiger partial charge in [0.25, 0.3) is 0 Å². The number of aromatic nitrogens is 7. The van der Waals surface area contributed by atoms with Gasteiger partial charge in [-0.15, -0.1) is 10.2 Å². The molecule has 4 N–H and O–H groups in total. The van der Waals surface area contributed by atoms with Gasteiger partial charge in [0.1, 0.15) is 18.1 Å². The second-order valence-electron chi connectivity index (χ2n) is 8.17. The summed E-state index contributed by atoms with van der Waals surface area (Å²) in [6.45, 7) is 0.392. The molecule has 3 heterocycles. The molecule has 0 saturated carbocycles. The minimum Gasteiger partial charge on any atom is -0.386 e. The molecule has 4 rings (SSSR count). The van der Waals surface area contributed by atoms with Gasteiger partial charge >= 0.3 is 11.9 Å². The Hall–Kier alpha value is -3.75. The van der Waals surface area contributed by atoms with Gasteiger partial charge < -0.3 is 16.2 Å². The zero-order valence-corrected chi connectivity index (χ0v) is 20.4. The average molecular weight is 538 g/mol. The van der Waals surface area contributed by atoms with Gasteiger partial charge in [-0.25, -0.2) is 19.1 Å². The molecule has 1 unspecified atom stereocenters. The molecule has 0 amide bonds. The van der Waals surface area contributed by atoms with Crippen molar-refractivity contribution in [1.82, 2.24) is 34.1 Å². The van der Waals surface area contributed by atoms with Gasteiger partial charge in [-0.3, -0.25) is 9.55 Å². The molecule has 1 aromatic carbocycles. The Morgan fingerprint density at radius 3 is 2.51 bits per heavy atom. The van der Waals surface area contributed by atoms with E-state index < -0.39 is 30.6 Å². The highest BCUT2D eigenvalue weighted by atomic mass is 35.5. The second-order valence-corrected chi connectivity index (χ2v) is 8.60. The fourth-order valence-electron chi connectivity index (χ4n) is 3.61. The van der Waals surface area contributed by atoms with Gasteiger partial charge in [0.15, 0.2) is 17.8 Å². The number of alkyl halides is 3. The van der Waals surface area contributed by atoms with Gasteiger partial charge in [-0.2, -0.15) is 13.2 Å². The Morgan fingerprint density at radius 2 is 1.89 bits per heavy atom.